The predicted molar refractivity (Wildman–Crippen MR) is 140 cm³/mol. The number of likely N-dealkylation sites (tertiary alicyclic amines) is 1. The van der Waals surface area contributed by atoms with E-state index in [2.05, 4.69) is 15.1 Å². The number of carbonyl (C=O) groups is 1. The van der Waals surface area contributed by atoms with Crippen LogP contribution < -0.4 is 4.74 Å². The van der Waals surface area contributed by atoms with Crippen LogP contribution in [0.1, 0.15) is 28.8 Å². The zero-order valence-electron chi connectivity index (χ0n) is 19.4. The third-order valence-corrected chi connectivity index (χ3v) is 6.71. The first-order chi connectivity index (χ1) is 17.5. The van der Waals surface area contributed by atoms with Gasteiger partial charge in [-0.05, 0) is 80.0 Å². The van der Waals surface area contributed by atoms with Crippen molar-refractivity contribution in [1.82, 2.24) is 9.47 Å². The fourth-order valence-electron chi connectivity index (χ4n) is 4.33. The minimum atomic E-state index is -0.539. The van der Waals surface area contributed by atoms with Crippen molar-refractivity contribution in [1.29, 1.82) is 0 Å². The molecule has 0 unspecified atom stereocenters. The van der Waals surface area contributed by atoms with Crippen LogP contribution in [-0.4, -0.2) is 33.6 Å². The largest absolute Gasteiger partial charge is 0.493 e. The molecule has 0 bridgehead atoms. The monoisotopic (exact) mass is 522 g/mol. The summed E-state index contributed by atoms with van der Waals surface area (Å²) in [6, 6.07) is 19.5. The number of nitrogens with zero attached hydrogens (tertiary/aromatic N) is 4. The SMILES string of the molecule is O=C(N=Nc1c(O)n(CN2CCCC2)c2cccc(Cl)c12)c1ccc(OCc2cccc(Cl)c2)cc1. The summed E-state index contributed by atoms with van der Waals surface area (Å²) in [5, 5.41) is 20.6. The normalized spacial score (nSPS) is 14.2. The molecule has 5 rings (SSSR count). The average Bonchev–Trinajstić information content (AvgIpc) is 3.49. The van der Waals surface area contributed by atoms with Gasteiger partial charge in [0, 0.05) is 10.6 Å². The number of amides is 1. The highest BCUT2D eigenvalue weighted by Gasteiger charge is 2.22. The number of benzene rings is 3. The van der Waals surface area contributed by atoms with Gasteiger partial charge in [-0.15, -0.1) is 10.2 Å². The van der Waals surface area contributed by atoms with Gasteiger partial charge in [-0.3, -0.25) is 14.3 Å². The van der Waals surface area contributed by atoms with Gasteiger partial charge in [-0.25, -0.2) is 0 Å². The molecule has 0 saturated carbocycles. The van der Waals surface area contributed by atoms with Gasteiger partial charge < -0.3 is 9.84 Å². The molecule has 4 aromatic rings. The van der Waals surface area contributed by atoms with Crippen LogP contribution in [0, 0.1) is 0 Å². The molecule has 184 valence electrons. The van der Waals surface area contributed by atoms with Crippen molar-refractivity contribution < 1.29 is 14.6 Å². The number of fused-ring (bicyclic) bond motifs is 1. The van der Waals surface area contributed by atoms with E-state index in [1.807, 2.05) is 30.3 Å². The number of halogens is 2. The maximum Gasteiger partial charge on any atom is 0.295 e. The first-order valence-electron chi connectivity index (χ1n) is 11.6. The van der Waals surface area contributed by atoms with Gasteiger partial charge in [-0.1, -0.05) is 41.4 Å². The standard InChI is InChI=1S/C27H24Cl2N4O3/c28-20-6-3-5-18(15-20)16-36-21-11-9-19(10-12-21)26(34)31-30-25-24-22(29)7-4-8-23(24)33(27(25)35)17-32-13-1-2-14-32/h3-12,15,35H,1-2,13-14,16-17H2. The molecule has 1 fully saturated rings. The van der Waals surface area contributed by atoms with Crippen LogP contribution in [0.3, 0.4) is 0 Å². The van der Waals surface area contributed by atoms with Crippen molar-refractivity contribution in [3.63, 3.8) is 0 Å². The van der Waals surface area contributed by atoms with E-state index in [0.29, 0.717) is 40.0 Å². The number of hydrogen-bond acceptors (Lipinski definition) is 5. The number of ether oxygens (including phenoxy) is 1. The average molecular weight is 523 g/mol. The number of aromatic hydroxyl groups is 1. The molecule has 1 aromatic heterocycles. The topological polar surface area (TPSA) is 79.4 Å². The first kappa shape index (κ1) is 24.3. The second-order valence-corrected chi connectivity index (χ2v) is 9.49. The summed E-state index contributed by atoms with van der Waals surface area (Å²) in [4.78, 5) is 15.0. The molecular formula is C27H24Cl2N4O3. The first-order valence-corrected chi connectivity index (χ1v) is 12.4. The number of rotatable bonds is 7. The highest BCUT2D eigenvalue weighted by molar-refractivity contribution is 6.36. The summed E-state index contributed by atoms with van der Waals surface area (Å²) >= 11 is 12.5. The fraction of sp³-hybridized carbons (Fsp3) is 0.222. The van der Waals surface area contributed by atoms with E-state index in [9.17, 15) is 9.90 Å². The summed E-state index contributed by atoms with van der Waals surface area (Å²) in [6.45, 7) is 2.81. The van der Waals surface area contributed by atoms with Crippen molar-refractivity contribution in [2.45, 2.75) is 26.1 Å². The van der Waals surface area contributed by atoms with Crippen LogP contribution in [0.2, 0.25) is 10.0 Å². The molecule has 7 nitrogen and oxygen atoms in total. The predicted octanol–water partition coefficient (Wildman–Crippen LogP) is 7.21. The Bertz CT molecular complexity index is 1430. The molecule has 0 radical (unpaired) electrons. The zero-order valence-corrected chi connectivity index (χ0v) is 20.9. The minimum Gasteiger partial charge on any atom is -0.493 e. The lowest BCUT2D eigenvalue weighted by molar-refractivity contribution is 0.0995. The van der Waals surface area contributed by atoms with Gasteiger partial charge >= 0.3 is 0 Å². The molecule has 9 heteroatoms. The molecule has 1 amide bonds. The van der Waals surface area contributed by atoms with E-state index in [4.69, 9.17) is 27.9 Å². The van der Waals surface area contributed by atoms with Crippen molar-refractivity contribution in [3.05, 3.63) is 87.9 Å². The summed E-state index contributed by atoms with van der Waals surface area (Å²) in [5.74, 6) is 0.00692. The Labute approximate surface area is 218 Å². The van der Waals surface area contributed by atoms with E-state index in [1.54, 1.807) is 41.0 Å². The lowest BCUT2D eigenvalue weighted by Crippen LogP contribution is -2.22. The van der Waals surface area contributed by atoms with E-state index in [0.717, 1.165) is 37.0 Å². The Hall–Kier alpha value is -3.39. The highest BCUT2D eigenvalue weighted by atomic mass is 35.5. The lowest BCUT2D eigenvalue weighted by atomic mass is 10.2. The molecule has 1 aliphatic heterocycles. The van der Waals surface area contributed by atoms with Crippen LogP contribution >= 0.6 is 23.2 Å². The molecular weight excluding hydrogens is 499 g/mol. The van der Waals surface area contributed by atoms with Crippen molar-refractivity contribution >= 4 is 45.7 Å². The van der Waals surface area contributed by atoms with Crippen molar-refractivity contribution in [2.24, 2.45) is 10.2 Å². The number of aromatic nitrogens is 1. The molecule has 2 heterocycles. The fourth-order valence-corrected chi connectivity index (χ4v) is 4.80. The van der Waals surface area contributed by atoms with Crippen LogP contribution in [0.5, 0.6) is 11.6 Å². The van der Waals surface area contributed by atoms with E-state index in [1.165, 1.54) is 0 Å². The molecule has 36 heavy (non-hydrogen) atoms. The maximum atomic E-state index is 12.7. The highest BCUT2D eigenvalue weighted by Crippen LogP contribution is 2.42. The molecule has 0 spiro atoms. The van der Waals surface area contributed by atoms with E-state index in [-0.39, 0.29) is 11.6 Å². The second kappa shape index (κ2) is 10.7. The molecule has 1 saturated heterocycles. The quantitative estimate of drug-likeness (QED) is 0.260. The van der Waals surface area contributed by atoms with Gasteiger partial charge in [0.05, 0.1) is 22.6 Å². The summed E-state index contributed by atoms with van der Waals surface area (Å²) in [5.41, 5.74) is 2.22. The van der Waals surface area contributed by atoms with Crippen molar-refractivity contribution in [3.8, 4) is 11.6 Å². The smallest absolute Gasteiger partial charge is 0.295 e. The molecule has 1 N–H and O–H groups in total. The Morgan fingerprint density at radius 2 is 1.75 bits per heavy atom. The van der Waals surface area contributed by atoms with Gasteiger partial charge in [0.1, 0.15) is 12.4 Å². The minimum absolute atomic E-state index is 0.0636. The van der Waals surface area contributed by atoms with Crippen LogP contribution in [0.25, 0.3) is 10.9 Å². The second-order valence-electron chi connectivity index (χ2n) is 8.65. The zero-order chi connectivity index (χ0) is 25.1. The Morgan fingerprint density at radius 1 is 1.00 bits per heavy atom. The van der Waals surface area contributed by atoms with E-state index < -0.39 is 5.91 Å². The van der Waals surface area contributed by atoms with Gasteiger partial charge in [0.15, 0.2) is 5.69 Å². The van der Waals surface area contributed by atoms with Crippen LogP contribution in [0.4, 0.5) is 5.69 Å². The molecule has 3 aromatic carbocycles. The summed E-state index contributed by atoms with van der Waals surface area (Å²) in [7, 11) is 0. The maximum absolute atomic E-state index is 12.7. The van der Waals surface area contributed by atoms with Gasteiger partial charge in [0.2, 0.25) is 5.88 Å². The third-order valence-electron chi connectivity index (χ3n) is 6.16. The van der Waals surface area contributed by atoms with Crippen molar-refractivity contribution in [2.75, 3.05) is 13.1 Å². The Morgan fingerprint density at radius 3 is 2.50 bits per heavy atom. The summed E-state index contributed by atoms with van der Waals surface area (Å²) < 4.78 is 7.53. The lowest BCUT2D eigenvalue weighted by Gasteiger charge is -2.17. The van der Waals surface area contributed by atoms with Gasteiger partial charge in [0.25, 0.3) is 5.91 Å². The Kier molecular flexibility index (Phi) is 7.23. The number of azo groups is 1. The molecule has 0 aliphatic carbocycles. The third kappa shape index (κ3) is 5.23. The van der Waals surface area contributed by atoms with Gasteiger partial charge in [-0.2, -0.15) is 0 Å². The number of hydrogen-bond donors (Lipinski definition) is 1. The van der Waals surface area contributed by atoms with Crippen LogP contribution in [-0.2, 0) is 13.3 Å². The summed E-state index contributed by atoms with van der Waals surface area (Å²) in [6.07, 6.45) is 2.26. The number of carbonyl (C=O) groups excluding carboxylic acids is 1. The van der Waals surface area contributed by atoms with Crippen LogP contribution in [0.15, 0.2) is 77.0 Å². The van der Waals surface area contributed by atoms with E-state index >= 15 is 0 Å². The molecule has 1 aliphatic rings. The molecule has 0 atom stereocenters. The Balaban J connectivity index is 1.33.